The smallest absolute Gasteiger partial charge is 0.343 e. The number of benzene rings is 1. The van der Waals surface area contributed by atoms with E-state index in [-0.39, 0.29) is 11.0 Å². The lowest BCUT2D eigenvalue weighted by molar-refractivity contribution is 0.0496. The van der Waals surface area contributed by atoms with Crippen LogP contribution in [-0.2, 0) is 4.74 Å². The average molecular weight is 303 g/mol. The van der Waals surface area contributed by atoms with E-state index in [0.717, 1.165) is 25.7 Å². The number of hydrogen-bond donors (Lipinski definition) is 1. The van der Waals surface area contributed by atoms with Crippen LogP contribution in [0.2, 0.25) is 0 Å². The number of aromatic nitrogens is 1. The predicted octanol–water partition coefficient (Wildman–Crippen LogP) is 3.27. The number of methoxy groups -OCH3 is 1. The second-order valence-electron chi connectivity index (χ2n) is 5.11. The third kappa shape index (κ3) is 3.47. The highest BCUT2D eigenvalue weighted by Gasteiger charge is 2.15. The van der Waals surface area contributed by atoms with Crippen molar-refractivity contribution in [3.63, 3.8) is 0 Å². The number of fused-ring (bicyclic) bond motifs is 1. The highest BCUT2D eigenvalue weighted by molar-refractivity contribution is 5.94. The van der Waals surface area contributed by atoms with Crippen molar-refractivity contribution in [3.05, 3.63) is 40.2 Å². The number of rotatable bonds is 7. The maximum absolute atomic E-state index is 12.4. The van der Waals surface area contributed by atoms with E-state index in [9.17, 15) is 9.59 Å². The molecule has 0 bridgehead atoms. The number of hydrogen-bond acceptors (Lipinski definition) is 4. The minimum atomic E-state index is -0.581. The molecule has 1 heterocycles. The van der Waals surface area contributed by atoms with Crippen LogP contribution in [0.25, 0.3) is 10.9 Å². The second kappa shape index (κ2) is 7.64. The van der Waals surface area contributed by atoms with E-state index in [1.165, 1.54) is 13.3 Å². The lowest BCUT2D eigenvalue weighted by atomic mass is 10.1. The molecule has 5 nitrogen and oxygen atoms in total. The molecular weight excluding hydrogens is 282 g/mol. The Balaban J connectivity index is 2.17. The lowest BCUT2D eigenvalue weighted by Gasteiger charge is -2.07. The molecule has 2 aromatic rings. The van der Waals surface area contributed by atoms with Gasteiger partial charge in [-0.1, -0.05) is 32.3 Å². The predicted molar refractivity (Wildman–Crippen MR) is 85.5 cm³/mol. The highest BCUT2D eigenvalue weighted by Crippen LogP contribution is 2.20. The maximum atomic E-state index is 12.4. The molecule has 0 aliphatic carbocycles. The number of esters is 1. The minimum absolute atomic E-state index is 0.0243. The summed E-state index contributed by atoms with van der Waals surface area (Å²) in [6.07, 6.45) is 5.48. The Morgan fingerprint density at radius 1 is 1.23 bits per heavy atom. The molecule has 1 N–H and O–H groups in total. The van der Waals surface area contributed by atoms with Crippen molar-refractivity contribution in [3.8, 4) is 5.75 Å². The van der Waals surface area contributed by atoms with Gasteiger partial charge in [-0.2, -0.15) is 0 Å². The summed E-state index contributed by atoms with van der Waals surface area (Å²) < 4.78 is 10.4. The summed E-state index contributed by atoms with van der Waals surface area (Å²) in [4.78, 5) is 27.4. The normalized spacial score (nSPS) is 10.6. The summed E-state index contributed by atoms with van der Waals surface area (Å²) in [5, 5.41) is 0.416. The Hall–Kier alpha value is -2.30. The lowest BCUT2D eigenvalue weighted by Crippen LogP contribution is -2.18. The minimum Gasteiger partial charge on any atom is -0.495 e. The number of carbonyl (C=O) groups is 1. The molecule has 0 unspecified atom stereocenters. The molecule has 0 aliphatic heterocycles. The Kier molecular flexibility index (Phi) is 5.58. The molecule has 0 atom stereocenters. The van der Waals surface area contributed by atoms with Crippen LogP contribution in [-0.4, -0.2) is 24.7 Å². The zero-order chi connectivity index (χ0) is 15.9. The number of carbonyl (C=O) groups excluding carboxylic acids is 1. The van der Waals surface area contributed by atoms with Crippen molar-refractivity contribution >= 4 is 16.9 Å². The van der Waals surface area contributed by atoms with E-state index in [2.05, 4.69) is 11.9 Å². The number of para-hydroxylation sites is 1. The van der Waals surface area contributed by atoms with Crippen LogP contribution >= 0.6 is 0 Å². The summed E-state index contributed by atoms with van der Waals surface area (Å²) in [6.45, 7) is 2.46. The van der Waals surface area contributed by atoms with Gasteiger partial charge in [0, 0.05) is 6.20 Å². The first-order valence-corrected chi connectivity index (χ1v) is 7.54. The number of unbranched alkanes of at least 4 members (excludes halogenated alkanes) is 3. The van der Waals surface area contributed by atoms with Gasteiger partial charge in [-0.15, -0.1) is 0 Å². The van der Waals surface area contributed by atoms with E-state index >= 15 is 0 Å². The molecule has 0 saturated heterocycles. The number of ether oxygens (including phenoxy) is 2. The Morgan fingerprint density at radius 3 is 2.77 bits per heavy atom. The molecule has 0 spiro atoms. The van der Waals surface area contributed by atoms with Gasteiger partial charge in [-0.25, -0.2) is 4.79 Å². The van der Waals surface area contributed by atoms with Gasteiger partial charge in [0.1, 0.15) is 11.3 Å². The van der Waals surface area contributed by atoms with Gasteiger partial charge in [0.25, 0.3) is 0 Å². The van der Waals surface area contributed by atoms with Crippen LogP contribution in [0.4, 0.5) is 0 Å². The van der Waals surface area contributed by atoms with Gasteiger partial charge in [0.15, 0.2) is 0 Å². The van der Waals surface area contributed by atoms with Crippen LogP contribution in [0.1, 0.15) is 43.0 Å². The standard InChI is InChI=1S/C17H21NO4/c1-3-4-5-6-10-22-17(20)13-11-18-15-12(16(13)19)8-7-9-14(15)21-2/h7-9,11H,3-6,10H2,1-2H3,(H,18,19). The molecular formula is C17H21NO4. The molecule has 0 aliphatic rings. The van der Waals surface area contributed by atoms with Crippen LogP contribution in [0, 0.1) is 0 Å². The molecule has 22 heavy (non-hydrogen) atoms. The average Bonchev–Trinajstić information content (AvgIpc) is 2.54. The summed E-state index contributed by atoms with van der Waals surface area (Å²) in [5.74, 6) is -0.0171. The summed E-state index contributed by atoms with van der Waals surface area (Å²) >= 11 is 0. The van der Waals surface area contributed by atoms with Gasteiger partial charge < -0.3 is 14.5 Å². The van der Waals surface area contributed by atoms with Gasteiger partial charge >= 0.3 is 5.97 Å². The molecule has 0 saturated carbocycles. The summed E-state index contributed by atoms with van der Waals surface area (Å²) in [5.41, 5.74) is 0.261. The van der Waals surface area contributed by atoms with Crippen molar-refractivity contribution in [2.45, 2.75) is 32.6 Å². The monoisotopic (exact) mass is 303 g/mol. The molecule has 0 fully saturated rings. The van der Waals surface area contributed by atoms with Gasteiger partial charge in [0.05, 0.1) is 24.6 Å². The van der Waals surface area contributed by atoms with E-state index in [1.54, 1.807) is 18.2 Å². The Morgan fingerprint density at radius 2 is 2.05 bits per heavy atom. The van der Waals surface area contributed by atoms with Crippen LogP contribution < -0.4 is 10.2 Å². The van der Waals surface area contributed by atoms with Crippen LogP contribution in [0.15, 0.2) is 29.2 Å². The first-order valence-electron chi connectivity index (χ1n) is 7.54. The van der Waals surface area contributed by atoms with E-state index in [0.29, 0.717) is 23.3 Å². The quantitative estimate of drug-likeness (QED) is 0.629. The number of aromatic amines is 1. The van der Waals surface area contributed by atoms with Crippen LogP contribution in [0.5, 0.6) is 5.75 Å². The Bertz CT molecular complexity index is 705. The van der Waals surface area contributed by atoms with E-state index in [1.807, 2.05) is 0 Å². The molecule has 1 aromatic carbocycles. The molecule has 0 radical (unpaired) electrons. The fraction of sp³-hybridized carbons (Fsp3) is 0.412. The highest BCUT2D eigenvalue weighted by atomic mass is 16.5. The van der Waals surface area contributed by atoms with Crippen molar-refractivity contribution in [2.75, 3.05) is 13.7 Å². The van der Waals surface area contributed by atoms with Crippen molar-refractivity contribution in [1.82, 2.24) is 4.98 Å². The topological polar surface area (TPSA) is 68.4 Å². The van der Waals surface area contributed by atoms with E-state index in [4.69, 9.17) is 9.47 Å². The van der Waals surface area contributed by atoms with E-state index < -0.39 is 5.97 Å². The van der Waals surface area contributed by atoms with Gasteiger partial charge in [0.2, 0.25) is 5.43 Å². The fourth-order valence-corrected chi connectivity index (χ4v) is 2.32. The van der Waals surface area contributed by atoms with Crippen molar-refractivity contribution < 1.29 is 14.3 Å². The SMILES string of the molecule is CCCCCCOC(=O)c1c[nH]c2c(OC)cccc2c1=O. The third-order valence-electron chi connectivity index (χ3n) is 3.55. The molecule has 2 rings (SSSR count). The van der Waals surface area contributed by atoms with Gasteiger partial charge in [-0.3, -0.25) is 4.79 Å². The molecule has 0 amide bonds. The number of pyridine rings is 1. The zero-order valence-electron chi connectivity index (χ0n) is 13.0. The molecule has 5 heteroatoms. The van der Waals surface area contributed by atoms with Crippen molar-refractivity contribution in [1.29, 1.82) is 0 Å². The third-order valence-corrected chi connectivity index (χ3v) is 3.55. The van der Waals surface area contributed by atoms with Crippen LogP contribution in [0.3, 0.4) is 0 Å². The number of H-pyrrole nitrogens is 1. The van der Waals surface area contributed by atoms with Crippen molar-refractivity contribution in [2.24, 2.45) is 0 Å². The largest absolute Gasteiger partial charge is 0.495 e. The fourth-order valence-electron chi connectivity index (χ4n) is 2.32. The van der Waals surface area contributed by atoms with Gasteiger partial charge in [-0.05, 0) is 18.6 Å². The first kappa shape index (κ1) is 16.1. The molecule has 118 valence electrons. The molecule has 1 aromatic heterocycles. The summed E-state index contributed by atoms with van der Waals surface area (Å²) in [7, 11) is 1.53. The number of nitrogens with one attached hydrogen (secondary N) is 1. The Labute approximate surface area is 129 Å². The first-order chi connectivity index (χ1) is 10.7. The second-order valence-corrected chi connectivity index (χ2v) is 5.11. The maximum Gasteiger partial charge on any atom is 0.343 e. The zero-order valence-corrected chi connectivity index (χ0v) is 13.0. The summed E-state index contributed by atoms with van der Waals surface area (Å²) in [6, 6.07) is 5.13.